The van der Waals surface area contributed by atoms with Crippen LogP contribution in [0.2, 0.25) is 5.02 Å². The summed E-state index contributed by atoms with van der Waals surface area (Å²) in [5, 5.41) is 8.09. The number of fused-ring (bicyclic) bond motifs is 1. The number of H-pyrrole nitrogens is 1. The molecule has 5 nitrogen and oxygen atoms in total. The van der Waals surface area contributed by atoms with Gasteiger partial charge >= 0.3 is 0 Å². The van der Waals surface area contributed by atoms with Gasteiger partial charge in [0.2, 0.25) is 0 Å². The van der Waals surface area contributed by atoms with E-state index in [1.165, 1.54) is 0 Å². The van der Waals surface area contributed by atoms with E-state index in [9.17, 15) is 4.79 Å². The van der Waals surface area contributed by atoms with Crippen LogP contribution >= 0.6 is 11.6 Å². The molecule has 0 spiro atoms. The van der Waals surface area contributed by atoms with Gasteiger partial charge in [-0.05, 0) is 42.0 Å². The number of rotatable bonds is 4. The van der Waals surface area contributed by atoms with E-state index in [1.807, 2.05) is 66.7 Å². The van der Waals surface area contributed by atoms with Gasteiger partial charge in [0.25, 0.3) is 5.91 Å². The molecule has 1 atom stereocenters. The largest absolute Gasteiger partial charge is 0.497 e. The van der Waals surface area contributed by atoms with E-state index in [2.05, 4.69) is 10.2 Å². The van der Waals surface area contributed by atoms with Crippen molar-refractivity contribution in [1.82, 2.24) is 10.2 Å². The molecule has 3 aromatic carbocycles. The maximum atomic E-state index is 13.5. The van der Waals surface area contributed by atoms with Crippen molar-refractivity contribution in [3.63, 3.8) is 0 Å². The Balaban J connectivity index is 1.73. The third-order valence-electron chi connectivity index (χ3n) is 5.33. The van der Waals surface area contributed by atoms with E-state index in [0.29, 0.717) is 10.7 Å². The highest BCUT2D eigenvalue weighted by atomic mass is 35.5. The zero-order valence-corrected chi connectivity index (χ0v) is 16.9. The highest BCUT2D eigenvalue weighted by Crippen LogP contribution is 2.45. The summed E-state index contributed by atoms with van der Waals surface area (Å²) in [5.41, 5.74) is 4.78. The fourth-order valence-corrected chi connectivity index (χ4v) is 4.08. The summed E-state index contributed by atoms with van der Waals surface area (Å²) in [6.07, 6.45) is 0. The van der Waals surface area contributed by atoms with Crippen LogP contribution in [0.15, 0.2) is 78.9 Å². The van der Waals surface area contributed by atoms with Crippen LogP contribution in [0.5, 0.6) is 5.75 Å². The van der Waals surface area contributed by atoms with Crippen LogP contribution in [0.25, 0.3) is 11.3 Å². The van der Waals surface area contributed by atoms with Crippen LogP contribution in [-0.4, -0.2) is 23.2 Å². The second-order valence-corrected chi connectivity index (χ2v) is 7.49. The fourth-order valence-electron chi connectivity index (χ4n) is 3.96. The number of carbonyl (C=O) groups is 1. The molecule has 2 heterocycles. The van der Waals surface area contributed by atoms with E-state index >= 15 is 0 Å². The van der Waals surface area contributed by atoms with Gasteiger partial charge in [-0.15, -0.1) is 0 Å². The van der Waals surface area contributed by atoms with Crippen molar-refractivity contribution in [3.8, 4) is 17.0 Å². The van der Waals surface area contributed by atoms with Crippen LogP contribution < -0.4 is 9.64 Å². The number of halogens is 1. The average Bonchev–Trinajstić information content (AvgIpc) is 3.34. The molecule has 6 heteroatoms. The molecule has 30 heavy (non-hydrogen) atoms. The maximum absolute atomic E-state index is 13.5. The molecule has 1 aliphatic heterocycles. The second kappa shape index (κ2) is 7.35. The summed E-state index contributed by atoms with van der Waals surface area (Å²) >= 11 is 6.08. The number of hydrogen-bond donors (Lipinski definition) is 1. The minimum atomic E-state index is -0.349. The molecule has 1 aliphatic rings. The number of aromatic nitrogens is 2. The second-order valence-electron chi connectivity index (χ2n) is 7.06. The molecule has 0 aliphatic carbocycles. The third kappa shape index (κ3) is 2.95. The monoisotopic (exact) mass is 415 g/mol. The Hall–Kier alpha value is -3.57. The number of carbonyl (C=O) groups excluding carboxylic acids is 1. The maximum Gasteiger partial charge on any atom is 0.277 e. The van der Waals surface area contributed by atoms with Crippen molar-refractivity contribution in [1.29, 1.82) is 0 Å². The summed E-state index contributed by atoms with van der Waals surface area (Å²) in [7, 11) is 1.63. The van der Waals surface area contributed by atoms with Crippen molar-refractivity contribution in [2.24, 2.45) is 0 Å². The van der Waals surface area contributed by atoms with Crippen molar-refractivity contribution < 1.29 is 9.53 Å². The third-order valence-corrected chi connectivity index (χ3v) is 5.58. The van der Waals surface area contributed by atoms with Gasteiger partial charge < -0.3 is 4.74 Å². The van der Waals surface area contributed by atoms with Gasteiger partial charge in [-0.2, -0.15) is 5.10 Å². The Morgan fingerprint density at radius 1 is 1.00 bits per heavy atom. The van der Waals surface area contributed by atoms with Gasteiger partial charge in [0, 0.05) is 21.8 Å². The Morgan fingerprint density at radius 2 is 1.77 bits per heavy atom. The standard InChI is InChI=1S/C24H18ClN3O2/c1-30-19-9-5-8-16(14-19)23-20-21(15-6-3-2-4-7-15)26-27-22(20)24(29)28(23)18-12-10-17(25)11-13-18/h2-14,23H,1H3,(H,26,27)/t23-/m0/s1. The van der Waals surface area contributed by atoms with Crippen LogP contribution in [0.4, 0.5) is 5.69 Å². The number of ether oxygens (including phenoxy) is 1. The average molecular weight is 416 g/mol. The lowest BCUT2D eigenvalue weighted by atomic mass is 9.95. The van der Waals surface area contributed by atoms with Crippen LogP contribution in [0.1, 0.15) is 27.7 Å². The first-order chi connectivity index (χ1) is 14.7. The van der Waals surface area contributed by atoms with Gasteiger partial charge in [0.15, 0.2) is 0 Å². The normalized spacial score (nSPS) is 15.3. The van der Waals surface area contributed by atoms with E-state index in [0.717, 1.165) is 33.8 Å². The Morgan fingerprint density at radius 3 is 2.50 bits per heavy atom. The molecule has 0 saturated heterocycles. The molecular weight excluding hydrogens is 398 g/mol. The van der Waals surface area contributed by atoms with E-state index in [-0.39, 0.29) is 11.9 Å². The number of amides is 1. The number of methoxy groups -OCH3 is 1. The summed E-state index contributed by atoms with van der Waals surface area (Å²) in [6.45, 7) is 0. The Kier molecular flexibility index (Phi) is 4.52. The zero-order valence-electron chi connectivity index (χ0n) is 16.2. The van der Waals surface area contributed by atoms with Gasteiger partial charge in [-0.3, -0.25) is 14.8 Å². The summed E-state index contributed by atoms with van der Waals surface area (Å²) in [6, 6.07) is 24.6. The predicted molar refractivity (Wildman–Crippen MR) is 117 cm³/mol. The van der Waals surface area contributed by atoms with Gasteiger partial charge in [0.1, 0.15) is 11.4 Å². The highest BCUT2D eigenvalue weighted by Gasteiger charge is 2.43. The Labute approximate surface area is 178 Å². The SMILES string of the molecule is COc1cccc([C@H]2c3c(-c4ccccc4)n[nH]c3C(=O)N2c2ccc(Cl)cc2)c1. The molecule has 4 aromatic rings. The number of nitrogens with zero attached hydrogens (tertiary/aromatic N) is 2. The van der Waals surface area contributed by atoms with Crippen LogP contribution in [0, 0.1) is 0 Å². The fraction of sp³-hybridized carbons (Fsp3) is 0.0833. The van der Waals surface area contributed by atoms with Crippen LogP contribution in [-0.2, 0) is 0 Å². The van der Waals surface area contributed by atoms with E-state index in [1.54, 1.807) is 24.1 Å². The first-order valence-corrected chi connectivity index (χ1v) is 9.92. The Bertz CT molecular complexity index is 1220. The van der Waals surface area contributed by atoms with E-state index < -0.39 is 0 Å². The number of anilines is 1. The topological polar surface area (TPSA) is 58.2 Å². The first-order valence-electron chi connectivity index (χ1n) is 9.54. The molecule has 1 N–H and O–H groups in total. The van der Waals surface area contributed by atoms with Crippen molar-refractivity contribution in [2.45, 2.75) is 6.04 Å². The van der Waals surface area contributed by atoms with Gasteiger partial charge in [-0.1, -0.05) is 54.1 Å². The number of hydrogen-bond acceptors (Lipinski definition) is 3. The minimum absolute atomic E-state index is 0.130. The molecule has 1 amide bonds. The lowest BCUT2D eigenvalue weighted by Gasteiger charge is -2.26. The van der Waals surface area contributed by atoms with Crippen molar-refractivity contribution in [2.75, 3.05) is 12.0 Å². The van der Waals surface area contributed by atoms with Crippen molar-refractivity contribution in [3.05, 3.63) is 101 Å². The van der Waals surface area contributed by atoms with Gasteiger partial charge in [0.05, 0.1) is 18.8 Å². The number of aromatic amines is 1. The summed E-state index contributed by atoms with van der Waals surface area (Å²) < 4.78 is 5.44. The highest BCUT2D eigenvalue weighted by molar-refractivity contribution is 6.30. The minimum Gasteiger partial charge on any atom is -0.497 e. The summed E-state index contributed by atoms with van der Waals surface area (Å²) in [4.78, 5) is 15.2. The molecule has 0 saturated carbocycles. The predicted octanol–water partition coefficient (Wildman–Crippen LogP) is 5.49. The molecule has 0 radical (unpaired) electrons. The lowest BCUT2D eigenvalue weighted by Crippen LogP contribution is -2.29. The zero-order chi connectivity index (χ0) is 20.7. The molecule has 0 fully saturated rings. The molecule has 148 valence electrons. The quantitative estimate of drug-likeness (QED) is 0.479. The first kappa shape index (κ1) is 18.5. The number of nitrogens with one attached hydrogen (secondary N) is 1. The smallest absolute Gasteiger partial charge is 0.277 e. The molecule has 5 rings (SSSR count). The van der Waals surface area contributed by atoms with Crippen molar-refractivity contribution >= 4 is 23.2 Å². The molecular formula is C24H18ClN3O2. The van der Waals surface area contributed by atoms with Crippen LogP contribution in [0.3, 0.4) is 0 Å². The van der Waals surface area contributed by atoms with E-state index in [4.69, 9.17) is 16.3 Å². The lowest BCUT2D eigenvalue weighted by molar-refractivity contribution is 0.0988. The van der Waals surface area contributed by atoms with Gasteiger partial charge in [-0.25, -0.2) is 0 Å². The summed E-state index contributed by atoms with van der Waals surface area (Å²) in [5.74, 6) is 0.601. The number of benzene rings is 3. The molecule has 0 bridgehead atoms. The molecule has 1 aromatic heterocycles. The molecule has 0 unspecified atom stereocenters.